The van der Waals surface area contributed by atoms with E-state index in [1.165, 1.54) is 32.4 Å². The lowest BCUT2D eigenvalue weighted by Gasteiger charge is -2.15. The summed E-state index contributed by atoms with van der Waals surface area (Å²) >= 11 is 0. The highest BCUT2D eigenvalue weighted by Gasteiger charge is 2.34. The largest absolute Gasteiger partial charge is 0.481 e. The Morgan fingerprint density at radius 2 is 2.21 bits per heavy atom. The Morgan fingerprint density at radius 1 is 1.37 bits per heavy atom. The lowest BCUT2D eigenvalue weighted by molar-refractivity contribution is 0.316. The van der Waals surface area contributed by atoms with Crippen molar-refractivity contribution in [2.75, 3.05) is 32.1 Å². The van der Waals surface area contributed by atoms with Gasteiger partial charge in [-0.25, -0.2) is 4.98 Å². The normalized spacial score (nSPS) is 23.6. The van der Waals surface area contributed by atoms with Crippen LogP contribution in [-0.4, -0.2) is 47.7 Å². The van der Waals surface area contributed by atoms with Gasteiger partial charge in [0.15, 0.2) is 0 Å². The Bertz CT molecular complexity index is 447. The molecule has 2 heterocycles. The molecule has 2 aliphatic rings. The van der Waals surface area contributed by atoms with Gasteiger partial charge >= 0.3 is 0 Å². The van der Waals surface area contributed by atoms with Gasteiger partial charge in [-0.2, -0.15) is 4.98 Å². The molecule has 0 amide bonds. The van der Waals surface area contributed by atoms with E-state index in [2.05, 4.69) is 20.2 Å². The first-order chi connectivity index (χ1) is 9.24. The Hall–Kier alpha value is -1.36. The summed E-state index contributed by atoms with van der Waals surface area (Å²) in [7, 11) is 1.63. The van der Waals surface area contributed by atoms with Crippen LogP contribution in [0.5, 0.6) is 5.88 Å². The van der Waals surface area contributed by atoms with Gasteiger partial charge in [0.1, 0.15) is 11.6 Å². The highest BCUT2D eigenvalue weighted by molar-refractivity contribution is 5.38. The number of nitrogens with zero attached hydrogens (tertiary/aromatic N) is 3. The average molecular weight is 262 g/mol. The number of nitrogens with one attached hydrogen (secondary N) is 1. The molecule has 1 aromatic heterocycles. The number of anilines is 1. The molecular weight excluding hydrogens is 240 g/mol. The summed E-state index contributed by atoms with van der Waals surface area (Å²) in [4.78, 5) is 11.2. The zero-order valence-corrected chi connectivity index (χ0v) is 11.7. The van der Waals surface area contributed by atoms with Crippen molar-refractivity contribution in [3.63, 3.8) is 0 Å². The van der Waals surface area contributed by atoms with Crippen molar-refractivity contribution in [2.45, 2.75) is 32.2 Å². The molecule has 1 unspecified atom stereocenters. The molecule has 1 N–H and O–H groups in total. The van der Waals surface area contributed by atoms with Crippen LogP contribution >= 0.6 is 0 Å². The Morgan fingerprint density at radius 3 is 2.95 bits per heavy atom. The summed E-state index contributed by atoms with van der Waals surface area (Å²) in [6, 6.07) is 2.76. The molecule has 0 radical (unpaired) electrons. The topological polar surface area (TPSA) is 50.3 Å². The summed E-state index contributed by atoms with van der Waals surface area (Å²) < 4.78 is 5.16. The number of methoxy groups -OCH3 is 1. The van der Waals surface area contributed by atoms with E-state index in [4.69, 9.17) is 4.74 Å². The van der Waals surface area contributed by atoms with Gasteiger partial charge in [-0.3, -0.25) is 0 Å². The van der Waals surface area contributed by atoms with Crippen LogP contribution in [0, 0.1) is 12.8 Å². The minimum Gasteiger partial charge on any atom is -0.481 e. The molecule has 0 bridgehead atoms. The first-order valence-corrected chi connectivity index (χ1v) is 7.12. The van der Waals surface area contributed by atoms with E-state index in [0.717, 1.165) is 30.1 Å². The molecule has 3 rings (SSSR count). The average Bonchev–Trinajstić information content (AvgIpc) is 3.15. The second-order valence-corrected chi connectivity index (χ2v) is 5.60. The van der Waals surface area contributed by atoms with Crippen molar-refractivity contribution < 1.29 is 4.74 Å². The maximum absolute atomic E-state index is 5.16. The number of hydrogen-bond donors (Lipinski definition) is 1. The summed E-state index contributed by atoms with van der Waals surface area (Å²) in [5.41, 5.74) is 0. The number of rotatable bonds is 5. The second kappa shape index (κ2) is 5.33. The van der Waals surface area contributed by atoms with Gasteiger partial charge in [0, 0.05) is 25.2 Å². The second-order valence-electron chi connectivity index (χ2n) is 5.60. The number of likely N-dealkylation sites (tertiary alicyclic amines) is 1. The highest BCUT2D eigenvalue weighted by Crippen LogP contribution is 2.31. The summed E-state index contributed by atoms with van der Waals surface area (Å²) in [5.74, 6) is 2.98. The number of aromatic nitrogens is 2. The van der Waals surface area contributed by atoms with Gasteiger partial charge in [0.05, 0.1) is 7.11 Å². The van der Waals surface area contributed by atoms with Crippen LogP contribution in [0.1, 0.15) is 25.1 Å². The van der Waals surface area contributed by atoms with Gasteiger partial charge in [-0.15, -0.1) is 0 Å². The lowest BCUT2D eigenvalue weighted by Crippen LogP contribution is -2.25. The molecule has 19 heavy (non-hydrogen) atoms. The van der Waals surface area contributed by atoms with Crippen molar-refractivity contribution in [3.05, 3.63) is 11.9 Å². The number of ether oxygens (including phenoxy) is 1. The summed E-state index contributed by atoms with van der Waals surface area (Å²) in [6.07, 6.45) is 4.11. The maximum Gasteiger partial charge on any atom is 0.218 e. The molecule has 104 valence electrons. The van der Waals surface area contributed by atoms with Crippen LogP contribution in [0.2, 0.25) is 0 Å². The van der Waals surface area contributed by atoms with E-state index in [1.807, 2.05) is 13.0 Å². The van der Waals surface area contributed by atoms with Crippen LogP contribution in [0.3, 0.4) is 0 Å². The first-order valence-electron chi connectivity index (χ1n) is 7.12. The van der Waals surface area contributed by atoms with Crippen LogP contribution in [-0.2, 0) is 0 Å². The molecule has 1 aliphatic heterocycles. The third kappa shape index (κ3) is 3.15. The maximum atomic E-state index is 5.16. The standard InChI is InChI=1S/C14H22N4O/c1-10-16-13(7-14(17-10)19-2)15-8-11-5-6-18(9-11)12-3-4-12/h7,11-12H,3-6,8-9H2,1-2H3,(H,15,16,17). The highest BCUT2D eigenvalue weighted by atomic mass is 16.5. The van der Waals surface area contributed by atoms with Gasteiger partial charge in [0.25, 0.3) is 0 Å². The fraction of sp³-hybridized carbons (Fsp3) is 0.714. The van der Waals surface area contributed by atoms with Crippen molar-refractivity contribution in [3.8, 4) is 5.88 Å². The number of hydrogen-bond acceptors (Lipinski definition) is 5. The molecule has 1 atom stereocenters. The predicted octanol–water partition coefficient (Wildman–Crippen LogP) is 1.69. The van der Waals surface area contributed by atoms with E-state index < -0.39 is 0 Å². The third-order valence-corrected chi connectivity index (χ3v) is 3.98. The Labute approximate surface area is 114 Å². The molecule has 5 nitrogen and oxygen atoms in total. The minimum absolute atomic E-state index is 0.626. The molecule has 5 heteroatoms. The molecule has 0 spiro atoms. The quantitative estimate of drug-likeness (QED) is 0.875. The van der Waals surface area contributed by atoms with Crippen molar-refractivity contribution in [1.29, 1.82) is 0 Å². The fourth-order valence-electron chi connectivity index (χ4n) is 2.78. The fourth-order valence-corrected chi connectivity index (χ4v) is 2.78. The van der Waals surface area contributed by atoms with E-state index in [9.17, 15) is 0 Å². The van der Waals surface area contributed by atoms with Crippen LogP contribution < -0.4 is 10.1 Å². The zero-order valence-electron chi connectivity index (χ0n) is 11.7. The molecule has 0 aromatic carbocycles. The van der Waals surface area contributed by atoms with Crippen molar-refractivity contribution in [1.82, 2.24) is 14.9 Å². The van der Waals surface area contributed by atoms with Gasteiger partial charge in [-0.05, 0) is 38.6 Å². The van der Waals surface area contributed by atoms with Crippen LogP contribution in [0.4, 0.5) is 5.82 Å². The lowest BCUT2D eigenvalue weighted by atomic mass is 10.1. The summed E-state index contributed by atoms with van der Waals surface area (Å²) in [5, 5.41) is 3.42. The SMILES string of the molecule is COc1cc(NCC2CCN(C3CC3)C2)nc(C)n1. The molecule has 1 aliphatic carbocycles. The third-order valence-electron chi connectivity index (χ3n) is 3.98. The van der Waals surface area contributed by atoms with E-state index >= 15 is 0 Å². The van der Waals surface area contributed by atoms with Gasteiger partial charge < -0.3 is 15.0 Å². The van der Waals surface area contributed by atoms with Gasteiger partial charge in [-0.1, -0.05) is 0 Å². The monoisotopic (exact) mass is 262 g/mol. The molecule has 1 aromatic rings. The first kappa shape index (κ1) is 12.7. The molecule has 1 saturated heterocycles. The Kier molecular flexibility index (Phi) is 3.55. The zero-order chi connectivity index (χ0) is 13.2. The molecular formula is C14H22N4O. The van der Waals surface area contributed by atoms with E-state index in [0.29, 0.717) is 5.88 Å². The van der Waals surface area contributed by atoms with Crippen molar-refractivity contribution in [2.24, 2.45) is 5.92 Å². The minimum atomic E-state index is 0.626. The van der Waals surface area contributed by atoms with Gasteiger partial charge in [0.2, 0.25) is 5.88 Å². The van der Waals surface area contributed by atoms with E-state index in [-0.39, 0.29) is 0 Å². The number of aryl methyl sites for hydroxylation is 1. The van der Waals surface area contributed by atoms with Crippen LogP contribution in [0.15, 0.2) is 6.07 Å². The van der Waals surface area contributed by atoms with Crippen molar-refractivity contribution >= 4 is 5.82 Å². The van der Waals surface area contributed by atoms with Crippen LogP contribution in [0.25, 0.3) is 0 Å². The Balaban J connectivity index is 1.53. The molecule has 1 saturated carbocycles. The smallest absolute Gasteiger partial charge is 0.218 e. The van der Waals surface area contributed by atoms with E-state index in [1.54, 1.807) is 7.11 Å². The molecule has 2 fully saturated rings. The summed E-state index contributed by atoms with van der Waals surface area (Å²) in [6.45, 7) is 5.38. The predicted molar refractivity (Wildman–Crippen MR) is 74.5 cm³/mol.